The molecule has 2 unspecified atom stereocenters. The zero-order valence-electron chi connectivity index (χ0n) is 8.49. The molecular weight excluding hydrogens is 221 g/mol. The van der Waals surface area contributed by atoms with Crippen molar-refractivity contribution in [1.82, 2.24) is 0 Å². The number of rotatable bonds is 4. The summed E-state index contributed by atoms with van der Waals surface area (Å²) in [4.78, 5) is 0. The van der Waals surface area contributed by atoms with Gasteiger partial charge in [0.2, 0.25) is 0 Å². The van der Waals surface area contributed by atoms with Crippen LogP contribution < -0.4 is 0 Å². The monoisotopic (exact) mass is 236 g/mol. The second kappa shape index (κ2) is 5.15. The number of allylic oxidation sites excluding steroid dienone is 3. The van der Waals surface area contributed by atoms with Gasteiger partial charge < -0.3 is 9.63 Å². The summed E-state index contributed by atoms with van der Waals surface area (Å²) in [6, 6.07) is 0. The van der Waals surface area contributed by atoms with E-state index in [4.69, 9.17) is 4.52 Å². The molecule has 1 rings (SSSR count). The molecule has 0 aromatic heterocycles. The highest BCUT2D eigenvalue weighted by atomic mass is 31.0. The van der Waals surface area contributed by atoms with Crippen LogP contribution in [0.25, 0.3) is 0 Å². The minimum atomic E-state index is -1.79. The van der Waals surface area contributed by atoms with Crippen LogP contribution in [0.1, 0.15) is 13.3 Å². The Kier molecular flexibility index (Phi) is 4.38. The van der Waals surface area contributed by atoms with Gasteiger partial charge in [0.15, 0.2) is 6.17 Å². The fraction of sp³-hybridized carbons (Fsp3) is 0.600. The van der Waals surface area contributed by atoms with E-state index >= 15 is 0 Å². The van der Waals surface area contributed by atoms with Gasteiger partial charge in [-0.05, 0) is 12.5 Å². The van der Waals surface area contributed by atoms with Gasteiger partial charge in [0.25, 0.3) is 0 Å². The van der Waals surface area contributed by atoms with Crippen molar-refractivity contribution in [3.63, 3.8) is 0 Å². The highest BCUT2D eigenvalue weighted by molar-refractivity contribution is 7.09. The van der Waals surface area contributed by atoms with Gasteiger partial charge in [0, 0.05) is 14.9 Å². The van der Waals surface area contributed by atoms with Gasteiger partial charge in [0.1, 0.15) is 5.83 Å². The number of hydrogen-bond donors (Lipinski definition) is 1. The molecule has 15 heavy (non-hydrogen) atoms. The van der Waals surface area contributed by atoms with Gasteiger partial charge in [0.05, 0.1) is 12.7 Å². The first-order valence-electron chi connectivity index (χ1n) is 4.71. The lowest BCUT2D eigenvalue weighted by molar-refractivity contribution is 0.00455. The number of alkyl halides is 1. The Labute approximate surface area is 90.3 Å². The summed E-state index contributed by atoms with van der Waals surface area (Å²) in [7, 11) is 2.05. The largest absolute Gasteiger partial charge is 0.392 e. The summed E-state index contributed by atoms with van der Waals surface area (Å²) < 4.78 is 31.4. The molecule has 1 aliphatic carbocycles. The Hall–Kier alpha value is -0.310. The molecule has 0 spiro atoms. The van der Waals surface area contributed by atoms with E-state index in [1.54, 1.807) is 0 Å². The third-order valence-corrected chi connectivity index (χ3v) is 2.96. The first-order chi connectivity index (χ1) is 7.02. The number of aliphatic hydroxyl groups excluding tert-OH is 1. The molecule has 0 fully saturated rings. The van der Waals surface area contributed by atoms with Crippen molar-refractivity contribution in [1.29, 1.82) is 0 Å². The molecule has 0 aromatic rings. The van der Waals surface area contributed by atoms with Gasteiger partial charge in [-0.15, -0.1) is 0 Å². The molecule has 0 bridgehead atoms. The maximum atomic E-state index is 13.6. The van der Waals surface area contributed by atoms with Gasteiger partial charge in [-0.3, -0.25) is 0 Å². The van der Waals surface area contributed by atoms with Crippen LogP contribution in [0.2, 0.25) is 0 Å². The SMILES string of the molecule is C[C@]1([C@H](O)CCOP)C=CC=C(F)C1F. The average Bonchev–Trinajstić information content (AvgIpc) is 2.22. The van der Waals surface area contributed by atoms with Crippen LogP contribution in [-0.2, 0) is 4.52 Å². The lowest BCUT2D eigenvalue weighted by atomic mass is 9.75. The van der Waals surface area contributed by atoms with Gasteiger partial charge >= 0.3 is 0 Å². The lowest BCUT2D eigenvalue weighted by Gasteiger charge is -2.35. The van der Waals surface area contributed by atoms with Crippen molar-refractivity contribution >= 4 is 9.47 Å². The topological polar surface area (TPSA) is 29.5 Å². The number of halogens is 2. The fourth-order valence-electron chi connectivity index (χ4n) is 1.58. The third-order valence-electron chi connectivity index (χ3n) is 2.73. The van der Waals surface area contributed by atoms with Crippen LogP contribution in [-0.4, -0.2) is 24.0 Å². The summed E-state index contributed by atoms with van der Waals surface area (Å²) in [5.74, 6) is -0.842. The maximum Gasteiger partial charge on any atom is 0.163 e. The standard InChI is InChI=1S/C10H15F2O2P/c1-10(8(13)4-6-14-15)5-2-3-7(11)9(10)12/h2-3,5,8-9,13H,4,6,15H2,1H3/t8-,9?,10-/m1/s1. The molecule has 1 aliphatic rings. The molecule has 0 saturated heterocycles. The predicted molar refractivity (Wildman–Crippen MR) is 57.6 cm³/mol. The number of aliphatic hydroxyl groups is 1. The molecule has 86 valence electrons. The molecule has 2 nitrogen and oxygen atoms in total. The van der Waals surface area contributed by atoms with Crippen LogP contribution >= 0.6 is 9.47 Å². The summed E-state index contributed by atoms with van der Waals surface area (Å²) in [6.07, 6.45) is 1.50. The average molecular weight is 236 g/mol. The summed E-state index contributed by atoms with van der Waals surface area (Å²) >= 11 is 0. The van der Waals surface area contributed by atoms with Crippen LogP contribution in [0.3, 0.4) is 0 Å². The highest BCUT2D eigenvalue weighted by Crippen LogP contribution is 2.39. The highest BCUT2D eigenvalue weighted by Gasteiger charge is 2.42. The first kappa shape index (κ1) is 12.8. The summed E-state index contributed by atoms with van der Waals surface area (Å²) in [5.41, 5.74) is -1.21. The minimum Gasteiger partial charge on any atom is -0.392 e. The van der Waals surface area contributed by atoms with E-state index in [9.17, 15) is 13.9 Å². The van der Waals surface area contributed by atoms with E-state index < -0.39 is 23.5 Å². The van der Waals surface area contributed by atoms with Crippen LogP contribution in [0.5, 0.6) is 0 Å². The molecular formula is C10H15F2O2P. The van der Waals surface area contributed by atoms with Crippen molar-refractivity contribution in [2.45, 2.75) is 25.6 Å². The Morgan fingerprint density at radius 3 is 3.00 bits per heavy atom. The van der Waals surface area contributed by atoms with Gasteiger partial charge in [-0.1, -0.05) is 19.1 Å². The quantitative estimate of drug-likeness (QED) is 0.759. The van der Waals surface area contributed by atoms with E-state index in [-0.39, 0.29) is 13.0 Å². The summed E-state index contributed by atoms with van der Waals surface area (Å²) in [5, 5.41) is 9.78. The molecule has 0 aromatic carbocycles. The van der Waals surface area contributed by atoms with Crippen molar-refractivity contribution < 1.29 is 18.4 Å². The molecule has 1 N–H and O–H groups in total. The molecule has 0 amide bonds. The smallest absolute Gasteiger partial charge is 0.163 e. The molecule has 0 heterocycles. The molecule has 0 radical (unpaired) electrons. The minimum absolute atomic E-state index is 0.262. The zero-order chi connectivity index (χ0) is 11.5. The molecule has 4 atom stereocenters. The maximum absolute atomic E-state index is 13.6. The Balaban J connectivity index is 2.74. The normalized spacial score (nSPS) is 32.6. The third kappa shape index (κ3) is 2.63. The molecule has 0 saturated carbocycles. The molecule has 5 heteroatoms. The van der Waals surface area contributed by atoms with Crippen LogP contribution in [0.4, 0.5) is 8.78 Å². The van der Waals surface area contributed by atoms with E-state index in [2.05, 4.69) is 0 Å². The second-order valence-corrected chi connectivity index (χ2v) is 4.15. The van der Waals surface area contributed by atoms with Crippen LogP contribution in [0, 0.1) is 5.41 Å². The van der Waals surface area contributed by atoms with E-state index in [1.165, 1.54) is 19.1 Å². The Morgan fingerprint density at radius 1 is 1.73 bits per heavy atom. The zero-order valence-corrected chi connectivity index (χ0v) is 9.64. The van der Waals surface area contributed by atoms with Crippen molar-refractivity contribution in [3.05, 3.63) is 24.1 Å². The summed E-state index contributed by atoms with van der Waals surface area (Å²) in [6.45, 7) is 1.78. The Morgan fingerprint density at radius 2 is 2.40 bits per heavy atom. The van der Waals surface area contributed by atoms with Crippen molar-refractivity contribution in [2.24, 2.45) is 5.41 Å². The van der Waals surface area contributed by atoms with Gasteiger partial charge in [-0.25, -0.2) is 8.78 Å². The van der Waals surface area contributed by atoms with Crippen molar-refractivity contribution in [3.8, 4) is 0 Å². The Bertz CT molecular complexity index is 281. The predicted octanol–water partition coefficient (Wildman–Crippen LogP) is 2.31. The van der Waals surface area contributed by atoms with E-state index in [0.29, 0.717) is 0 Å². The first-order valence-corrected chi connectivity index (χ1v) is 5.18. The van der Waals surface area contributed by atoms with E-state index in [1.807, 2.05) is 9.47 Å². The molecule has 0 aliphatic heterocycles. The second-order valence-electron chi connectivity index (χ2n) is 3.81. The number of hydrogen-bond acceptors (Lipinski definition) is 2. The van der Waals surface area contributed by atoms with E-state index in [0.717, 1.165) is 6.08 Å². The lowest BCUT2D eigenvalue weighted by Crippen LogP contribution is -2.41. The van der Waals surface area contributed by atoms with Crippen molar-refractivity contribution in [2.75, 3.05) is 6.61 Å². The van der Waals surface area contributed by atoms with Gasteiger partial charge in [-0.2, -0.15) is 0 Å². The van der Waals surface area contributed by atoms with Crippen LogP contribution in [0.15, 0.2) is 24.1 Å². The fourth-order valence-corrected chi connectivity index (χ4v) is 1.72.